The zero-order chi connectivity index (χ0) is 11.8. The van der Waals surface area contributed by atoms with Gasteiger partial charge in [0.2, 0.25) is 0 Å². The Bertz CT molecular complexity index is 312. The van der Waals surface area contributed by atoms with Crippen LogP contribution in [0.4, 0.5) is 5.69 Å². The molecule has 1 aromatic carbocycles. The molecule has 16 heavy (non-hydrogen) atoms. The van der Waals surface area contributed by atoms with E-state index in [0.29, 0.717) is 12.5 Å². The second-order valence-electron chi connectivity index (χ2n) is 3.95. The van der Waals surface area contributed by atoms with E-state index in [2.05, 4.69) is 10.8 Å². The fourth-order valence-electron chi connectivity index (χ4n) is 1.06. The van der Waals surface area contributed by atoms with E-state index in [1.54, 1.807) is 0 Å². The summed E-state index contributed by atoms with van der Waals surface area (Å²) in [5.41, 5.74) is 3.30. The van der Waals surface area contributed by atoms with Crippen LogP contribution in [0.3, 0.4) is 0 Å². The summed E-state index contributed by atoms with van der Waals surface area (Å²) in [6.07, 6.45) is 0. The quantitative estimate of drug-likeness (QED) is 0.722. The first kappa shape index (κ1) is 12.5. The van der Waals surface area contributed by atoms with Crippen LogP contribution in [0.25, 0.3) is 0 Å². The average molecular weight is 222 g/mol. The lowest BCUT2D eigenvalue weighted by Gasteiger charge is -2.09. The molecule has 0 aliphatic rings. The second kappa shape index (κ2) is 6.85. The Labute approximate surface area is 95.9 Å². The van der Waals surface area contributed by atoms with Crippen molar-refractivity contribution < 1.29 is 9.63 Å². The molecule has 0 aliphatic carbocycles. The summed E-state index contributed by atoms with van der Waals surface area (Å²) < 4.78 is 0. The SMILES string of the molecule is CC(C)CONC(=O)CNc1ccccc1. The van der Waals surface area contributed by atoms with Crippen LogP contribution in [-0.4, -0.2) is 19.1 Å². The van der Waals surface area contributed by atoms with E-state index in [4.69, 9.17) is 4.84 Å². The van der Waals surface area contributed by atoms with Gasteiger partial charge in [0.1, 0.15) is 0 Å². The fraction of sp³-hybridized carbons (Fsp3) is 0.417. The number of hydroxylamine groups is 1. The van der Waals surface area contributed by atoms with Crippen molar-refractivity contribution in [1.29, 1.82) is 0 Å². The summed E-state index contributed by atoms with van der Waals surface area (Å²) in [6.45, 7) is 4.78. The third-order valence-corrected chi connectivity index (χ3v) is 1.83. The highest BCUT2D eigenvalue weighted by molar-refractivity contribution is 5.79. The highest BCUT2D eigenvalue weighted by atomic mass is 16.6. The van der Waals surface area contributed by atoms with Gasteiger partial charge in [-0.25, -0.2) is 5.48 Å². The molecule has 0 saturated heterocycles. The molecule has 1 amide bonds. The maximum atomic E-state index is 11.3. The summed E-state index contributed by atoms with van der Waals surface area (Å²) in [6, 6.07) is 9.56. The van der Waals surface area contributed by atoms with Gasteiger partial charge in [-0.1, -0.05) is 32.0 Å². The Morgan fingerprint density at radius 3 is 2.62 bits per heavy atom. The molecule has 2 N–H and O–H groups in total. The van der Waals surface area contributed by atoms with Crippen molar-refractivity contribution in [2.45, 2.75) is 13.8 Å². The van der Waals surface area contributed by atoms with Crippen molar-refractivity contribution in [3.63, 3.8) is 0 Å². The Kier molecular flexibility index (Phi) is 5.36. The number of nitrogens with one attached hydrogen (secondary N) is 2. The lowest BCUT2D eigenvalue weighted by molar-refractivity contribution is -0.132. The minimum atomic E-state index is -0.176. The zero-order valence-corrected chi connectivity index (χ0v) is 9.69. The number of rotatable bonds is 6. The molecule has 0 unspecified atom stereocenters. The Balaban J connectivity index is 2.16. The van der Waals surface area contributed by atoms with Gasteiger partial charge in [0, 0.05) is 5.69 Å². The molecule has 0 fully saturated rings. The van der Waals surface area contributed by atoms with Crippen LogP contribution in [0.1, 0.15) is 13.8 Å². The minimum absolute atomic E-state index is 0.176. The van der Waals surface area contributed by atoms with Gasteiger partial charge in [-0.05, 0) is 18.1 Å². The smallest absolute Gasteiger partial charge is 0.262 e. The largest absolute Gasteiger partial charge is 0.376 e. The topological polar surface area (TPSA) is 50.4 Å². The molecule has 0 radical (unpaired) electrons. The highest BCUT2D eigenvalue weighted by Gasteiger charge is 2.01. The van der Waals surface area contributed by atoms with Crippen molar-refractivity contribution in [1.82, 2.24) is 5.48 Å². The Morgan fingerprint density at radius 2 is 2.00 bits per heavy atom. The lowest BCUT2D eigenvalue weighted by Crippen LogP contribution is -2.31. The first-order valence-electron chi connectivity index (χ1n) is 5.38. The van der Waals surface area contributed by atoms with Crippen molar-refractivity contribution in [2.75, 3.05) is 18.5 Å². The van der Waals surface area contributed by atoms with Gasteiger partial charge in [0.15, 0.2) is 0 Å². The Hall–Kier alpha value is -1.55. The summed E-state index contributed by atoms with van der Waals surface area (Å²) >= 11 is 0. The monoisotopic (exact) mass is 222 g/mol. The van der Waals surface area contributed by atoms with E-state index in [0.717, 1.165) is 5.69 Å². The van der Waals surface area contributed by atoms with E-state index in [-0.39, 0.29) is 12.5 Å². The standard InChI is InChI=1S/C12H18N2O2/c1-10(2)9-16-14-12(15)8-13-11-6-4-3-5-7-11/h3-7,10,13H,8-9H2,1-2H3,(H,14,15). The van der Waals surface area contributed by atoms with Crippen LogP contribution in [-0.2, 0) is 9.63 Å². The number of hydrogen-bond donors (Lipinski definition) is 2. The summed E-state index contributed by atoms with van der Waals surface area (Å²) in [5, 5.41) is 2.99. The van der Waals surface area contributed by atoms with Gasteiger partial charge in [-0.3, -0.25) is 9.63 Å². The molecule has 0 aromatic heterocycles. The molecule has 0 bridgehead atoms. The summed E-state index contributed by atoms with van der Waals surface area (Å²) in [7, 11) is 0. The molecule has 1 rings (SSSR count). The van der Waals surface area contributed by atoms with E-state index >= 15 is 0 Å². The van der Waals surface area contributed by atoms with Crippen LogP contribution < -0.4 is 10.8 Å². The van der Waals surface area contributed by atoms with Crippen molar-refractivity contribution in [3.05, 3.63) is 30.3 Å². The molecule has 0 saturated carbocycles. The summed E-state index contributed by atoms with van der Waals surface area (Å²) in [5.74, 6) is 0.229. The molecule has 0 heterocycles. The van der Waals surface area contributed by atoms with Gasteiger partial charge >= 0.3 is 0 Å². The number of hydrogen-bond acceptors (Lipinski definition) is 3. The van der Waals surface area contributed by atoms with E-state index < -0.39 is 0 Å². The second-order valence-corrected chi connectivity index (χ2v) is 3.95. The third kappa shape index (κ3) is 5.36. The number of benzene rings is 1. The molecule has 4 nitrogen and oxygen atoms in total. The van der Waals surface area contributed by atoms with Gasteiger partial charge in [0.05, 0.1) is 13.2 Å². The van der Waals surface area contributed by atoms with Crippen LogP contribution >= 0.6 is 0 Å². The number of para-hydroxylation sites is 1. The first-order chi connectivity index (χ1) is 7.68. The predicted molar refractivity (Wildman–Crippen MR) is 63.9 cm³/mol. The van der Waals surface area contributed by atoms with E-state index in [1.165, 1.54) is 0 Å². The van der Waals surface area contributed by atoms with Crippen LogP contribution in [0.5, 0.6) is 0 Å². The number of amides is 1. The first-order valence-corrected chi connectivity index (χ1v) is 5.38. The summed E-state index contributed by atoms with van der Waals surface area (Å²) in [4.78, 5) is 16.3. The predicted octanol–water partition coefficient (Wildman–Crippen LogP) is 1.80. The van der Waals surface area contributed by atoms with Crippen molar-refractivity contribution >= 4 is 11.6 Å². The highest BCUT2D eigenvalue weighted by Crippen LogP contribution is 2.03. The molecule has 88 valence electrons. The minimum Gasteiger partial charge on any atom is -0.376 e. The number of carbonyl (C=O) groups excluding carboxylic acids is 1. The third-order valence-electron chi connectivity index (χ3n) is 1.83. The van der Waals surface area contributed by atoms with Crippen molar-refractivity contribution in [3.8, 4) is 0 Å². The Morgan fingerprint density at radius 1 is 1.31 bits per heavy atom. The number of carbonyl (C=O) groups is 1. The number of anilines is 1. The fourth-order valence-corrected chi connectivity index (χ4v) is 1.06. The van der Waals surface area contributed by atoms with Gasteiger partial charge in [0.25, 0.3) is 5.91 Å². The molecular weight excluding hydrogens is 204 g/mol. The normalized spacial score (nSPS) is 10.2. The lowest BCUT2D eigenvalue weighted by atomic mass is 10.2. The zero-order valence-electron chi connectivity index (χ0n) is 9.69. The van der Waals surface area contributed by atoms with Gasteiger partial charge in [-0.15, -0.1) is 0 Å². The van der Waals surface area contributed by atoms with Crippen LogP contribution in [0.15, 0.2) is 30.3 Å². The molecule has 4 heteroatoms. The van der Waals surface area contributed by atoms with Gasteiger partial charge < -0.3 is 5.32 Å². The van der Waals surface area contributed by atoms with Gasteiger partial charge in [-0.2, -0.15) is 0 Å². The van der Waals surface area contributed by atoms with Crippen molar-refractivity contribution in [2.24, 2.45) is 5.92 Å². The van der Waals surface area contributed by atoms with E-state index in [1.807, 2.05) is 44.2 Å². The molecule has 0 atom stereocenters. The molecular formula is C12H18N2O2. The van der Waals surface area contributed by atoms with Crippen LogP contribution in [0, 0.1) is 5.92 Å². The average Bonchev–Trinajstić information content (AvgIpc) is 2.27. The van der Waals surface area contributed by atoms with Crippen LogP contribution in [0.2, 0.25) is 0 Å². The van der Waals surface area contributed by atoms with E-state index in [9.17, 15) is 4.79 Å². The maximum absolute atomic E-state index is 11.3. The molecule has 1 aromatic rings. The molecule has 0 spiro atoms. The maximum Gasteiger partial charge on any atom is 0.262 e. The molecule has 0 aliphatic heterocycles.